The molecule has 0 N–H and O–H groups in total. The van der Waals surface area contributed by atoms with Crippen LogP contribution in [0.15, 0.2) is 29.0 Å². The minimum Gasteiger partial charge on any atom is -0.459 e. The van der Waals surface area contributed by atoms with Gasteiger partial charge < -0.3 is 13.9 Å². The lowest BCUT2D eigenvalue weighted by Crippen LogP contribution is -2.38. The van der Waals surface area contributed by atoms with Gasteiger partial charge in [-0.1, -0.05) is 6.42 Å². The third kappa shape index (κ3) is 3.37. The van der Waals surface area contributed by atoms with E-state index in [4.69, 9.17) is 4.42 Å². The van der Waals surface area contributed by atoms with Gasteiger partial charge in [0.25, 0.3) is 5.91 Å². The number of likely N-dealkylation sites (tertiary alicyclic amines) is 1. The van der Waals surface area contributed by atoms with E-state index in [0.717, 1.165) is 32.5 Å². The summed E-state index contributed by atoms with van der Waals surface area (Å²) in [5.74, 6) is 3.16. The SMILES string of the molecule is Cc1cnc(C2CCC2)n1CCC1CCN(C(=O)c2ccco2)CC1. The van der Waals surface area contributed by atoms with E-state index < -0.39 is 0 Å². The summed E-state index contributed by atoms with van der Waals surface area (Å²) in [6, 6.07) is 3.52. The summed E-state index contributed by atoms with van der Waals surface area (Å²) in [7, 11) is 0. The molecule has 5 heteroatoms. The van der Waals surface area contributed by atoms with Crippen molar-refractivity contribution in [1.82, 2.24) is 14.5 Å². The molecule has 1 saturated heterocycles. The maximum atomic E-state index is 12.3. The van der Waals surface area contributed by atoms with Crippen molar-refractivity contribution in [3.05, 3.63) is 41.9 Å². The molecule has 0 radical (unpaired) electrons. The van der Waals surface area contributed by atoms with Crippen LogP contribution < -0.4 is 0 Å². The number of imidazole rings is 1. The van der Waals surface area contributed by atoms with Crippen LogP contribution in [0.2, 0.25) is 0 Å². The van der Waals surface area contributed by atoms with Crippen LogP contribution in [0.1, 0.15) is 66.5 Å². The molecule has 0 spiro atoms. The number of amides is 1. The molecule has 0 aromatic carbocycles. The lowest BCUT2D eigenvalue weighted by atomic mass is 9.84. The molecule has 0 atom stereocenters. The predicted molar refractivity (Wildman–Crippen MR) is 95.5 cm³/mol. The predicted octanol–water partition coefficient (Wildman–Crippen LogP) is 3.99. The molecule has 2 aromatic heterocycles. The summed E-state index contributed by atoms with van der Waals surface area (Å²) >= 11 is 0. The van der Waals surface area contributed by atoms with Gasteiger partial charge in [-0.3, -0.25) is 4.79 Å². The van der Waals surface area contributed by atoms with E-state index in [9.17, 15) is 4.79 Å². The first-order valence-corrected chi connectivity index (χ1v) is 9.57. The Bertz CT molecular complexity index is 707. The topological polar surface area (TPSA) is 51.3 Å². The van der Waals surface area contributed by atoms with Crippen LogP contribution in [0, 0.1) is 12.8 Å². The summed E-state index contributed by atoms with van der Waals surface area (Å²) in [6.45, 7) is 4.90. The third-order valence-electron chi connectivity index (χ3n) is 5.95. The van der Waals surface area contributed by atoms with Crippen molar-refractivity contribution in [2.75, 3.05) is 13.1 Å². The molecule has 4 rings (SSSR count). The zero-order chi connectivity index (χ0) is 17.2. The molecule has 2 aliphatic rings. The van der Waals surface area contributed by atoms with E-state index in [-0.39, 0.29) is 5.91 Å². The first-order valence-electron chi connectivity index (χ1n) is 9.57. The highest BCUT2D eigenvalue weighted by Gasteiger charge is 2.27. The molecule has 1 aliphatic heterocycles. The first kappa shape index (κ1) is 16.4. The summed E-state index contributed by atoms with van der Waals surface area (Å²) in [6.07, 6.45) is 10.9. The van der Waals surface area contributed by atoms with E-state index in [1.165, 1.54) is 37.2 Å². The van der Waals surface area contributed by atoms with Crippen molar-refractivity contribution in [1.29, 1.82) is 0 Å². The molecule has 25 heavy (non-hydrogen) atoms. The minimum atomic E-state index is 0.0289. The second-order valence-electron chi connectivity index (χ2n) is 7.54. The van der Waals surface area contributed by atoms with Crippen LogP contribution in [0.4, 0.5) is 0 Å². The Morgan fingerprint density at radius 1 is 1.28 bits per heavy atom. The number of carbonyl (C=O) groups is 1. The molecular weight excluding hydrogens is 314 g/mol. The van der Waals surface area contributed by atoms with Crippen LogP contribution in [0.5, 0.6) is 0 Å². The van der Waals surface area contributed by atoms with Crippen molar-refractivity contribution < 1.29 is 9.21 Å². The van der Waals surface area contributed by atoms with Gasteiger partial charge in [0.15, 0.2) is 5.76 Å². The Morgan fingerprint density at radius 2 is 2.08 bits per heavy atom. The molecule has 0 bridgehead atoms. The fourth-order valence-electron chi connectivity index (χ4n) is 4.06. The summed E-state index contributed by atoms with van der Waals surface area (Å²) < 4.78 is 7.67. The van der Waals surface area contributed by atoms with Gasteiger partial charge in [0.2, 0.25) is 0 Å². The molecular formula is C20H27N3O2. The zero-order valence-corrected chi connectivity index (χ0v) is 15.0. The smallest absolute Gasteiger partial charge is 0.289 e. The van der Waals surface area contributed by atoms with Crippen LogP contribution in [-0.2, 0) is 6.54 Å². The van der Waals surface area contributed by atoms with Gasteiger partial charge in [0.1, 0.15) is 5.82 Å². The van der Waals surface area contributed by atoms with E-state index in [1.54, 1.807) is 18.4 Å². The summed E-state index contributed by atoms with van der Waals surface area (Å²) in [5.41, 5.74) is 1.28. The van der Waals surface area contributed by atoms with E-state index in [2.05, 4.69) is 16.5 Å². The van der Waals surface area contributed by atoms with Crippen LogP contribution in [0.25, 0.3) is 0 Å². The van der Waals surface area contributed by atoms with E-state index in [0.29, 0.717) is 17.6 Å². The van der Waals surface area contributed by atoms with Crippen LogP contribution in [0.3, 0.4) is 0 Å². The Morgan fingerprint density at radius 3 is 2.72 bits per heavy atom. The van der Waals surface area contributed by atoms with Crippen molar-refractivity contribution in [3.63, 3.8) is 0 Å². The van der Waals surface area contributed by atoms with Crippen molar-refractivity contribution >= 4 is 5.91 Å². The highest BCUT2D eigenvalue weighted by atomic mass is 16.3. The Labute approximate surface area is 149 Å². The van der Waals surface area contributed by atoms with Crippen LogP contribution >= 0.6 is 0 Å². The average molecular weight is 341 g/mol. The number of aromatic nitrogens is 2. The molecule has 3 heterocycles. The quantitative estimate of drug-likeness (QED) is 0.826. The molecule has 2 aromatic rings. The van der Waals surface area contributed by atoms with Crippen molar-refractivity contribution in [2.45, 2.75) is 57.9 Å². The maximum Gasteiger partial charge on any atom is 0.289 e. The number of piperidine rings is 1. The number of hydrogen-bond donors (Lipinski definition) is 0. The third-order valence-corrected chi connectivity index (χ3v) is 5.95. The average Bonchev–Trinajstić information content (AvgIpc) is 3.23. The van der Waals surface area contributed by atoms with Crippen molar-refractivity contribution in [3.8, 4) is 0 Å². The first-order chi connectivity index (χ1) is 12.2. The van der Waals surface area contributed by atoms with E-state index in [1.807, 2.05) is 11.1 Å². The normalized spacial score (nSPS) is 19.2. The fourth-order valence-corrected chi connectivity index (χ4v) is 4.06. The number of aryl methyl sites for hydroxylation is 1. The van der Waals surface area contributed by atoms with Crippen LogP contribution in [-0.4, -0.2) is 33.4 Å². The zero-order valence-electron chi connectivity index (χ0n) is 15.0. The van der Waals surface area contributed by atoms with Gasteiger partial charge in [-0.2, -0.15) is 0 Å². The minimum absolute atomic E-state index is 0.0289. The highest BCUT2D eigenvalue weighted by molar-refractivity contribution is 5.91. The number of furan rings is 1. The van der Waals surface area contributed by atoms with Gasteiger partial charge in [0.05, 0.1) is 6.26 Å². The second kappa shape index (κ2) is 7.06. The fraction of sp³-hybridized carbons (Fsp3) is 0.600. The van der Waals surface area contributed by atoms with Gasteiger partial charge in [-0.05, 0) is 57.1 Å². The second-order valence-corrected chi connectivity index (χ2v) is 7.54. The van der Waals surface area contributed by atoms with Gasteiger partial charge in [-0.15, -0.1) is 0 Å². The largest absolute Gasteiger partial charge is 0.459 e. The Kier molecular flexibility index (Phi) is 4.64. The molecule has 1 amide bonds. The molecule has 0 unspecified atom stereocenters. The van der Waals surface area contributed by atoms with Gasteiger partial charge in [-0.25, -0.2) is 4.98 Å². The Hall–Kier alpha value is -2.04. The number of nitrogens with zero attached hydrogens (tertiary/aromatic N) is 3. The molecule has 134 valence electrons. The lowest BCUT2D eigenvalue weighted by molar-refractivity contribution is 0.0652. The molecule has 5 nitrogen and oxygen atoms in total. The van der Waals surface area contributed by atoms with Gasteiger partial charge in [0, 0.05) is 37.4 Å². The summed E-state index contributed by atoms with van der Waals surface area (Å²) in [4.78, 5) is 18.9. The molecule has 1 aliphatic carbocycles. The highest BCUT2D eigenvalue weighted by Crippen LogP contribution is 2.36. The van der Waals surface area contributed by atoms with Crippen molar-refractivity contribution in [2.24, 2.45) is 5.92 Å². The lowest BCUT2D eigenvalue weighted by Gasteiger charge is -2.32. The molecule has 1 saturated carbocycles. The maximum absolute atomic E-state index is 12.3. The summed E-state index contributed by atoms with van der Waals surface area (Å²) in [5, 5.41) is 0. The monoisotopic (exact) mass is 341 g/mol. The number of carbonyl (C=O) groups excluding carboxylic acids is 1. The standard InChI is InChI=1S/C20H27N3O2/c1-15-14-21-19(17-4-2-5-17)23(15)12-9-16-7-10-22(11-8-16)20(24)18-6-3-13-25-18/h3,6,13-14,16-17H,2,4-5,7-12H2,1H3. The number of rotatable bonds is 5. The Balaban J connectivity index is 1.29. The number of hydrogen-bond acceptors (Lipinski definition) is 3. The van der Waals surface area contributed by atoms with Gasteiger partial charge >= 0.3 is 0 Å². The molecule has 2 fully saturated rings. The van der Waals surface area contributed by atoms with E-state index >= 15 is 0 Å².